The SMILES string of the molecule is CC(C)(CC#N)c1c([C@H]2CC[C@](C)(C(=O)O)OC2)c2c(F)c3[nH]ncc3cc2n1-c1ccc(F)cc1. The zero-order valence-electron chi connectivity index (χ0n) is 20.2. The van der Waals surface area contributed by atoms with Crippen LogP contribution in [0.25, 0.3) is 27.5 Å². The quantitative estimate of drug-likeness (QED) is 0.371. The molecule has 7 nitrogen and oxygen atoms in total. The minimum Gasteiger partial charge on any atom is -0.479 e. The summed E-state index contributed by atoms with van der Waals surface area (Å²) in [6.45, 7) is 5.47. The Labute approximate surface area is 206 Å². The minimum absolute atomic E-state index is 0.0847. The molecule has 1 fully saturated rings. The van der Waals surface area contributed by atoms with Crippen LogP contribution >= 0.6 is 0 Å². The van der Waals surface area contributed by atoms with E-state index in [1.165, 1.54) is 12.1 Å². The van der Waals surface area contributed by atoms with Crippen molar-refractivity contribution < 1.29 is 23.4 Å². The molecule has 0 unspecified atom stereocenters. The van der Waals surface area contributed by atoms with Crippen LogP contribution in [-0.2, 0) is 14.9 Å². The third-order valence-electron chi connectivity index (χ3n) is 7.33. The molecular weight excluding hydrogens is 466 g/mol. The summed E-state index contributed by atoms with van der Waals surface area (Å²) in [6.07, 6.45) is 2.41. The largest absolute Gasteiger partial charge is 0.479 e. The van der Waals surface area contributed by atoms with Gasteiger partial charge in [0.1, 0.15) is 11.3 Å². The summed E-state index contributed by atoms with van der Waals surface area (Å²) in [6, 6.07) is 10.0. The fourth-order valence-electron chi connectivity index (χ4n) is 5.32. The van der Waals surface area contributed by atoms with Crippen molar-refractivity contribution in [2.24, 2.45) is 0 Å². The Morgan fingerprint density at radius 2 is 2.08 bits per heavy atom. The van der Waals surface area contributed by atoms with Gasteiger partial charge in [-0.25, -0.2) is 13.6 Å². The molecule has 1 aliphatic rings. The van der Waals surface area contributed by atoms with Crippen molar-refractivity contribution >= 4 is 27.8 Å². The molecule has 36 heavy (non-hydrogen) atoms. The second kappa shape index (κ2) is 8.42. The molecule has 186 valence electrons. The van der Waals surface area contributed by atoms with Crippen molar-refractivity contribution in [2.75, 3.05) is 6.61 Å². The number of fused-ring (bicyclic) bond motifs is 2. The maximum atomic E-state index is 16.2. The van der Waals surface area contributed by atoms with Crippen LogP contribution in [0.2, 0.25) is 0 Å². The monoisotopic (exact) mass is 492 g/mol. The Morgan fingerprint density at radius 1 is 1.36 bits per heavy atom. The van der Waals surface area contributed by atoms with Gasteiger partial charge in [0, 0.05) is 39.9 Å². The number of rotatable bonds is 5. The third-order valence-corrected chi connectivity index (χ3v) is 7.33. The van der Waals surface area contributed by atoms with Gasteiger partial charge < -0.3 is 14.4 Å². The first-order valence-corrected chi connectivity index (χ1v) is 11.8. The number of carboxylic acids is 1. The average molecular weight is 493 g/mol. The molecule has 0 radical (unpaired) electrons. The van der Waals surface area contributed by atoms with Crippen molar-refractivity contribution in [3.63, 3.8) is 0 Å². The van der Waals surface area contributed by atoms with Crippen LogP contribution in [0.3, 0.4) is 0 Å². The zero-order chi connectivity index (χ0) is 25.8. The maximum Gasteiger partial charge on any atom is 0.335 e. The van der Waals surface area contributed by atoms with Crippen molar-refractivity contribution in [3.8, 4) is 11.8 Å². The van der Waals surface area contributed by atoms with E-state index >= 15 is 4.39 Å². The fourth-order valence-corrected chi connectivity index (χ4v) is 5.32. The highest BCUT2D eigenvalue weighted by atomic mass is 19.1. The second-order valence-electron chi connectivity index (χ2n) is 10.3. The molecule has 1 aliphatic heterocycles. The van der Waals surface area contributed by atoms with Gasteiger partial charge in [0.25, 0.3) is 0 Å². The topological polar surface area (TPSA) is 104 Å². The van der Waals surface area contributed by atoms with Crippen LogP contribution in [0.4, 0.5) is 8.78 Å². The van der Waals surface area contributed by atoms with E-state index in [9.17, 15) is 19.6 Å². The fraction of sp³-hybridized carbons (Fsp3) is 0.370. The van der Waals surface area contributed by atoms with E-state index in [1.807, 2.05) is 24.5 Å². The van der Waals surface area contributed by atoms with Gasteiger partial charge in [0.15, 0.2) is 11.4 Å². The molecule has 0 saturated carbocycles. The van der Waals surface area contributed by atoms with Gasteiger partial charge in [0.2, 0.25) is 0 Å². The van der Waals surface area contributed by atoms with Gasteiger partial charge in [-0.3, -0.25) is 5.10 Å². The Balaban J connectivity index is 1.86. The lowest BCUT2D eigenvalue weighted by atomic mass is 9.77. The number of aliphatic carboxylic acids is 1. The molecule has 4 aromatic rings. The molecule has 1 saturated heterocycles. The summed E-state index contributed by atoms with van der Waals surface area (Å²) < 4.78 is 37.8. The van der Waals surface area contributed by atoms with Gasteiger partial charge in [0.05, 0.1) is 24.4 Å². The Morgan fingerprint density at radius 3 is 2.69 bits per heavy atom. The average Bonchev–Trinajstić information content (AvgIpc) is 3.44. The standard InChI is InChI=1S/C27H26F2N4O3/c1-26(2,10-11-30)24-20(15-8-9-27(3,25(34)35)36-14-15)21-19(12-16-13-31-32-23(16)22(21)29)33(24)18-6-4-17(28)5-7-18/h4-7,12-13,15H,8-10,14H2,1-3H3,(H,31,32)(H,34,35)/t15-,27+/m0/s1. The first kappa shape index (κ1) is 23.9. The summed E-state index contributed by atoms with van der Waals surface area (Å²) in [4.78, 5) is 11.8. The number of carbonyl (C=O) groups is 1. The lowest BCUT2D eigenvalue weighted by Gasteiger charge is -2.36. The van der Waals surface area contributed by atoms with Crippen LogP contribution in [0, 0.1) is 23.0 Å². The summed E-state index contributed by atoms with van der Waals surface area (Å²) >= 11 is 0. The van der Waals surface area contributed by atoms with E-state index in [2.05, 4.69) is 16.3 Å². The first-order chi connectivity index (χ1) is 17.1. The van der Waals surface area contributed by atoms with Crippen LogP contribution in [0.1, 0.15) is 57.2 Å². The van der Waals surface area contributed by atoms with Gasteiger partial charge in [-0.2, -0.15) is 10.4 Å². The van der Waals surface area contributed by atoms with Gasteiger partial charge in [-0.1, -0.05) is 13.8 Å². The molecule has 3 heterocycles. The van der Waals surface area contributed by atoms with E-state index in [1.54, 1.807) is 25.3 Å². The van der Waals surface area contributed by atoms with E-state index in [0.717, 1.165) is 5.69 Å². The predicted octanol–water partition coefficient (Wildman–Crippen LogP) is 5.71. The number of H-pyrrole nitrogens is 1. The van der Waals surface area contributed by atoms with Crippen LogP contribution in [0.5, 0.6) is 0 Å². The number of aromatic amines is 1. The molecule has 2 aromatic heterocycles. The molecule has 2 atom stereocenters. The second-order valence-corrected chi connectivity index (χ2v) is 10.3. The number of nitriles is 1. The van der Waals surface area contributed by atoms with Gasteiger partial charge in [-0.15, -0.1) is 0 Å². The number of nitrogens with one attached hydrogen (secondary N) is 1. The van der Waals surface area contributed by atoms with Crippen molar-refractivity contribution in [3.05, 3.63) is 59.4 Å². The molecule has 2 N–H and O–H groups in total. The van der Waals surface area contributed by atoms with Crippen molar-refractivity contribution in [1.29, 1.82) is 5.26 Å². The minimum atomic E-state index is -1.32. The van der Waals surface area contributed by atoms with Crippen LogP contribution < -0.4 is 0 Å². The summed E-state index contributed by atoms with van der Waals surface area (Å²) in [5, 5.41) is 27.0. The zero-order valence-corrected chi connectivity index (χ0v) is 20.2. The number of aromatic nitrogens is 3. The lowest BCUT2D eigenvalue weighted by molar-refractivity contribution is -0.170. The van der Waals surface area contributed by atoms with Gasteiger partial charge >= 0.3 is 5.97 Å². The highest BCUT2D eigenvalue weighted by Gasteiger charge is 2.43. The normalized spacial score (nSPS) is 20.6. The van der Waals surface area contributed by atoms with E-state index in [4.69, 9.17) is 4.74 Å². The van der Waals surface area contributed by atoms with Crippen molar-refractivity contribution in [2.45, 2.75) is 57.0 Å². The first-order valence-electron chi connectivity index (χ1n) is 11.8. The number of halogens is 2. The smallest absolute Gasteiger partial charge is 0.335 e. The molecule has 0 spiro atoms. The molecule has 2 aromatic carbocycles. The Kier molecular flexibility index (Phi) is 5.60. The van der Waals surface area contributed by atoms with E-state index < -0.39 is 28.6 Å². The summed E-state index contributed by atoms with van der Waals surface area (Å²) in [5.41, 5.74) is 0.816. The number of ether oxygens (including phenoxy) is 1. The van der Waals surface area contributed by atoms with Crippen molar-refractivity contribution in [1.82, 2.24) is 14.8 Å². The number of carboxylic acid groups (broad SMARTS) is 1. The number of nitrogens with zero attached hydrogens (tertiary/aromatic N) is 3. The van der Waals surface area contributed by atoms with Gasteiger partial charge in [-0.05, 0) is 55.7 Å². The molecule has 0 aliphatic carbocycles. The van der Waals surface area contributed by atoms with Crippen LogP contribution in [0.15, 0.2) is 36.5 Å². The Bertz CT molecular complexity index is 1520. The molecular formula is C27H26F2N4O3. The molecule has 0 bridgehead atoms. The van der Waals surface area contributed by atoms with E-state index in [0.29, 0.717) is 34.0 Å². The Hall–Kier alpha value is -3.77. The van der Waals surface area contributed by atoms with E-state index in [-0.39, 0.29) is 30.9 Å². The number of hydrogen-bond acceptors (Lipinski definition) is 4. The predicted molar refractivity (Wildman–Crippen MR) is 130 cm³/mol. The molecule has 0 amide bonds. The lowest BCUT2D eigenvalue weighted by Crippen LogP contribution is -2.43. The third kappa shape index (κ3) is 3.64. The highest BCUT2D eigenvalue weighted by molar-refractivity contribution is 6.00. The molecule has 5 rings (SSSR count). The number of benzene rings is 2. The maximum absolute atomic E-state index is 16.2. The number of hydrogen-bond donors (Lipinski definition) is 2. The highest BCUT2D eigenvalue weighted by Crippen LogP contribution is 2.47. The summed E-state index contributed by atoms with van der Waals surface area (Å²) in [5.74, 6) is -2.23. The summed E-state index contributed by atoms with van der Waals surface area (Å²) in [7, 11) is 0. The van der Waals surface area contributed by atoms with Crippen LogP contribution in [-0.4, -0.2) is 38.0 Å². The molecule has 9 heteroatoms.